The van der Waals surface area contributed by atoms with Gasteiger partial charge in [-0.1, -0.05) is 13.3 Å². The molecule has 0 radical (unpaired) electrons. The van der Waals surface area contributed by atoms with Crippen molar-refractivity contribution < 1.29 is 9.53 Å². The number of halogens is 1. The van der Waals surface area contributed by atoms with Crippen molar-refractivity contribution in [3.8, 4) is 5.75 Å². The molecule has 2 heterocycles. The number of benzene rings is 1. The maximum absolute atomic E-state index is 13.2. The van der Waals surface area contributed by atoms with Crippen LogP contribution in [0, 0.1) is 10.5 Å². The number of likely N-dealkylation sites (tertiary alicyclic amines) is 1. The quantitative estimate of drug-likeness (QED) is 0.709. The smallest absolute Gasteiger partial charge is 0.190 e. The van der Waals surface area contributed by atoms with Crippen LogP contribution in [-0.2, 0) is 0 Å². The molecule has 0 amide bonds. The lowest BCUT2D eigenvalue weighted by Gasteiger charge is -2.46. The zero-order valence-corrected chi connectivity index (χ0v) is 14.9. The summed E-state index contributed by atoms with van der Waals surface area (Å²) < 4.78 is 7.11. The van der Waals surface area contributed by atoms with Crippen LogP contribution >= 0.6 is 22.6 Å². The largest absolute Gasteiger partial charge is 0.489 e. The third kappa shape index (κ3) is 2.50. The number of carbonyl (C=O) groups is 1. The summed E-state index contributed by atoms with van der Waals surface area (Å²) in [6.45, 7) is 6.68. The predicted octanol–water partition coefficient (Wildman–Crippen LogP) is 3.81. The van der Waals surface area contributed by atoms with Crippen molar-refractivity contribution in [1.82, 2.24) is 4.90 Å². The maximum atomic E-state index is 13.2. The van der Waals surface area contributed by atoms with E-state index < -0.39 is 5.54 Å². The number of nitrogens with zero attached hydrogens (tertiary/aromatic N) is 1. The molecule has 114 valence electrons. The van der Waals surface area contributed by atoms with Crippen molar-refractivity contribution in [1.29, 1.82) is 0 Å². The molecule has 3 rings (SSSR count). The van der Waals surface area contributed by atoms with Gasteiger partial charge in [-0.15, -0.1) is 0 Å². The number of Topliss-reactive ketones (excluding diaryl/α,β-unsaturated/α-hetero) is 1. The van der Waals surface area contributed by atoms with E-state index in [1.54, 1.807) is 0 Å². The van der Waals surface area contributed by atoms with Gasteiger partial charge in [0.1, 0.15) is 17.9 Å². The summed E-state index contributed by atoms with van der Waals surface area (Å²) in [4.78, 5) is 15.6. The molecule has 1 fully saturated rings. The first-order valence-corrected chi connectivity index (χ1v) is 8.89. The molecule has 2 aliphatic rings. The van der Waals surface area contributed by atoms with Gasteiger partial charge in [0, 0.05) is 0 Å². The van der Waals surface area contributed by atoms with Crippen molar-refractivity contribution in [2.24, 2.45) is 0 Å². The van der Waals surface area contributed by atoms with Crippen LogP contribution in [-0.4, -0.2) is 35.9 Å². The van der Waals surface area contributed by atoms with E-state index in [4.69, 9.17) is 4.74 Å². The van der Waals surface area contributed by atoms with Gasteiger partial charge in [0.2, 0.25) is 0 Å². The Morgan fingerprint density at radius 3 is 2.67 bits per heavy atom. The summed E-state index contributed by atoms with van der Waals surface area (Å²) in [5.74, 6) is 1.04. The Balaban J connectivity index is 2.03. The molecule has 1 aromatic carbocycles. The zero-order chi connectivity index (χ0) is 15.0. The van der Waals surface area contributed by atoms with Crippen LogP contribution in [0.4, 0.5) is 0 Å². The first kappa shape index (κ1) is 15.3. The molecule has 3 nitrogen and oxygen atoms in total. The normalized spacial score (nSPS) is 26.3. The van der Waals surface area contributed by atoms with E-state index >= 15 is 0 Å². The maximum Gasteiger partial charge on any atom is 0.190 e. The van der Waals surface area contributed by atoms with E-state index in [1.165, 1.54) is 19.3 Å². The van der Waals surface area contributed by atoms with Gasteiger partial charge < -0.3 is 4.74 Å². The van der Waals surface area contributed by atoms with Crippen LogP contribution in [0.15, 0.2) is 12.1 Å². The molecule has 0 spiro atoms. The third-order valence-electron chi connectivity index (χ3n) is 4.86. The highest BCUT2D eigenvalue weighted by Crippen LogP contribution is 2.39. The molecule has 1 aromatic rings. The van der Waals surface area contributed by atoms with Gasteiger partial charge in [0.15, 0.2) is 5.78 Å². The number of hydrogen-bond acceptors (Lipinski definition) is 3. The standard InChI is InChI=1S/C17H22INO2/c1-3-17(19-7-5-4-6-8-19)11-21-15-13(16(17)20)9-12(2)10-14(15)18/h9-10H,3-8,11H2,1-2H3. The van der Waals surface area contributed by atoms with E-state index in [0.717, 1.165) is 40.0 Å². The molecule has 0 aliphatic carbocycles. The zero-order valence-electron chi connectivity index (χ0n) is 12.7. The van der Waals surface area contributed by atoms with Crippen molar-refractivity contribution in [2.45, 2.75) is 45.1 Å². The Morgan fingerprint density at radius 1 is 1.29 bits per heavy atom. The topological polar surface area (TPSA) is 29.5 Å². The highest BCUT2D eigenvalue weighted by atomic mass is 127. The van der Waals surface area contributed by atoms with Gasteiger partial charge in [-0.25, -0.2) is 0 Å². The van der Waals surface area contributed by atoms with Crippen LogP contribution in [0.1, 0.15) is 48.5 Å². The van der Waals surface area contributed by atoms with Crippen LogP contribution in [0.3, 0.4) is 0 Å². The molecule has 1 atom stereocenters. The minimum absolute atomic E-state index is 0.259. The van der Waals surface area contributed by atoms with E-state index in [2.05, 4.69) is 40.5 Å². The summed E-state index contributed by atoms with van der Waals surface area (Å²) in [5, 5.41) is 0. The van der Waals surface area contributed by atoms with Crippen molar-refractivity contribution in [3.05, 3.63) is 26.8 Å². The molecule has 1 saturated heterocycles. The average molecular weight is 399 g/mol. The minimum atomic E-state index is -0.454. The Bertz CT molecular complexity index is 566. The molecule has 0 saturated carbocycles. The van der Waals surface area contributed by atoms with E-state index in [-0.39, 0.29) is 5.78 Å². The van der Waals surface area contributed by atoms with Gasteiger partial charge >= 0.3 is 0 Å². The van der Waals surface area contributed by atoms with Crippen LogP contribution in [0.5, 0.6) is 5.75 Å². The SMILES string of the molecule is CCC1(N2CCCCC2)COc2c(I)cc(C)cc2C1=O. The van der Waals surface area contributed by atoms with Crippen LogP contribution in [0.2, 0.25) is 0 Å². The number of rotatable bonds is 2. The highest BCUT2D eigenvalue weighted by molar-refractivity contribution is 14.1. The van der Waals surface area contributed by atoms with E-state index in [0.29, 0.717) is 6.61 Å². The Kier molecular flexibility index (Phi) is 4.28. The number of ketones is 1. The second-order valence-electron chi connectivity index (χ2n) is 6.17. The first-order chi connectivity index (χ1) is 10.1. The molecule has 0 aromatic heterocycles. The van der Waals surface area contributed by atoms with Crippen LogP contribution in [0.25, 0.3) is 0 Å². The van der Waals surface area contributed by atoms with Gasteiger partial charge in [-0.3, -0.25) is 9.69 Å². The highest BCUT2D eigenvalue weighted by Gasteiger charge is 2.47. The lowest BCUT2D eigenvalue weighted by molar-refractivity contribution is 0.0147. The number of carbonyl (C=O) groups excluding carboxylic acids is 1. The monoisotopic (exact) mass is 399 g/mol. The molecule has 2 aliphatic heterocycles. The fourth-order valence-corrected chi connectivity index (χ4v) is 4.53. The summed E-state index contributed by atoms with van der Waals surface area (Å²) >= 11 is 2.27. The molecule has 4 heteroatoms. The number of ether oxygens (including phenoxy) is 1. The Morgan fingerprint density at radius 2 is 2.00 bits per heavy atom. The lowest BCUT2D eigenvalue weighted by Crippen LogP contribution is -2.61. The molecule has 0 N–H and O–H groups in total. The summed E-state index contributed by atoms with van der Waals surface area (Å²) in [6, 6.07) is 4.07. The number of piperidine rings is 1. The number of hydrogen-bond donors (Lipinski definition) is 0. The molecular formula is C17H22INO2. The van der Waals surface area contributed by atoms with Crippen molar-refractivity contribution in [3.63, 3.8) is 0 Å². The first-order valence-electron chi connectivity index (χ1n) is 7.81. The second-order valence-corrected chi connectivity index (χ2v) is 7.34. The Labute approximate surface area is 140 Å². The molecule has 21 heavy (non-hydrogen) atoms. The predicted molar refractivity (Wildman–Crippen MR) is 92.2 cm³/mol. The van der Waals surface area contributed by atoms with E-state index in [9.17, 15) is 4.79 Å². The minimum Gasteiger partial charge on any atom is -0.489 e. The van der Waals surface area contributed by atoms with Gasteiger partial charge in [0.05, 0.1) is 9.13 Å². The summed E-state index contributed by atoms with van der Waals surface area (Å²) in [6.07, 6.45) is 4.47. The van der Waals surface area contributed by atoms with Crippen LogP contribution < -0.4 is 4.74 Å². The average Bonchev–Trinajstić information content (AvgIpc) is 2.50. The van der Waals surface area contributed by atoms with Crippen molar-refractivity contribution in [2.75, 3.05) is 19.7 Å². The van der Waals surface area contributed by atoms with Gasteiger partial charge in [0.25, 0.3) is 0 Å². The van der Waals surface area contributed by atoms with Gasteiger partial charge in [-0.05, 0) is 79.6 Å². The molecule has 0 bridgehead atoms. The van der Waals surface area contributed by atoms with E-state index in [1.807, 2.05) is 13.0 Å². The lowest BCUT2D eigenvalue weighted by atomic mass is 9.82. The fraction of sp³-hybridized carbons (Fsp3) is 0.588. The third-order valence-corrected chi connectivity index (χ3v) is 5.66. The molecule has 1 unspecified atom stereocenters. The summed E-state index contributed by atoms with van der Waals surface area (Å²) in [7, 11) is 0. The molecular weight excluding hydrogens is 377 g/mol. The summed E-state index contributed by atoms with van der Waals surface area (Å²) in [5.41, 5.74) is 1.45. The number of fused-ring (bicyclic) bond motifs is 1. The van der Waals surface area contributed by atoms with Gasteiger partial charge in [-0.2, -0.15) is 0 Å². The number of aryl methyl sites for hydroxylation is 1. The van der Waals surface area contributed by atoms with Crippen molar-refractivity contribution >= 4 is 28.4 Å². The Hall–Kier alpha value is -0.620. The second kappa shape index (κ2) is 5.88. The fourth-order valence-electron chi connectivity index (χ4n) is 3.60.